The van der Waals surface area contributed by atoms with Crippen LogP contribution in [-0.4, -0.2) is 43.6 Å². The molecule has 1 atom stereocenters. The van der Waals surface area contributed by atoms with Gasteiger partial charge in [-0.2, -0.15) is 0 Å². The van der Waals surface area contributed by atoms with Crippen LogP contribution < -0.4 is 10.1 Å². The van der Waals surface area contributed by atoms with Gasteiger partial charge in [0.25, 0.3) is 0 Å². The van der Waals surface area contributed by atoms with Gasteiger partial charge in [-0.05, 0) is 42.3 Å². The van der Waals surface area contributed by atoms with Gasteiger partial charge in [-0.3, -0.25) is 5.32 Å². The summed E-state index contributed by atoms with van der Waals surface area (Å²) in [6, 6.07) is 14.8. The quantitative estimate of drug-likeness (QED) is 0.648. The van der Waals surface area contributed by atoms with E-state index >= 15 is 0 Å². The summed E-state index contributed by atoms with van der Waals surface area (Å²) in [7, 11) is 1.32. The molecule has 0 aromatic heterocycles. The van der Waals surface area contributed by atoms with E-state index in [1.165, 1.54) is 7.11 Å². The highest BCUT2D eigenvalue weighted by atomic mass is 16.5. The number of anilines is 1. The first-order valence-corrected chi connectivity index (χ1v) is 9.02. The molecule has 0 fully saturated rings. The van der Waals surface area contributed by atoms with Crippen LogP contribution >= 0.6 is 0 Å². The number of benzene rings is 2. The topological polar surface area (TPSA) is 94.1 Å². The smallest absolute Gasteiger partial charge is 0.411 e. The molecule has 0 spiro atoms. The van der Waals surface area contributed by atoms with Crippen molar-refractivity contribution in [3.8, 4) is 5.75 Å². The number of carboxylic acids is 1. The molecule has 0 heterocycles. The minimum atomic E-state index is -0.963. The largest absolute Gasteiger partial charge is 0.493 e. The van der Waals surface area contributed by atoms with Gasteiger partial charge in [0.1, 0.15) is 5.75 Å². The Morgan fingerprint density at radius 3 is 2.25 bits per heavy atom. The highest BCUT2D eigenvalue weighted by molar-refractivity contribution is 5.84. The van der Waals surface area contributed by atoms with E-state index < -0.39 is 18.2 Å². The first kappa shape index (κ1) is 21.2. The Kier molecular flexibility index (Phi) is 8.30. The van der Waals surface area contributed by atoms with E-state index in [4.69, 9.17) is 14.6 Å². The predicted octanol–water partition coefficient (Wildman–Crippen LogP) is 3.52. The second kappa shape index (κ2) is 10.9. The zero-order valence-corrected chi connectivity index (χ0v) is 16.0. The van der Waals surface area contributed by atoms with Crippen molar-refractivity contribution in [1.82, 2.24) is 0 Å². The molecule has 2 aromatic carbocycles. The molecule has 0 saturated carbocycles. The minimum absolute atomic E-state index is 0.315. The van der Waals surface area contributed by atoms with Crippen molar-refractivity contribution >= 4 is 17.7 Å². The number of ether oxygens (including phenoxy) is 3. The van der Waals surface area contributed by atoms with Gasteiger partial charge in [-0.25, -0.2) is 9.59 Å². The lowest BCUT2D eigenvalue weighted by Gasteiger charge is -2.13. The van der Waals surface area contributed by atoms with Gasteiger partial charge in [0.2, 0.25) is 0 Å². The summed E-state index contributed by atoms with van der Waals surface area (Å²) in [6.45, 7) is 2.63. The van der Waals surface area contributed by atoms with Crippen LogP contribution in [0.2, 0.25) is 0 Å². The van der Waals surface area contributed by atoms with E-state index in [9.17, 15) is 9.59 Å². The lowest BCUT2D eigenvalue weighted by molar-refractivity contribution is -0.149. The summed E-state index contributed by atoms with van der Waals surface area (Å²) in [6.07, 6.45) is -0.315. The fraction of sp³-hybridized carbons (Fsp3) is 0.333. The molecule has 7 heteroatoms. The van der Waals surface area contributed by atoms with E-state index in [-0.39, 0.29) is 0 Å². The van der Waals surface area contributed by atoms with Crippen molar-refractivity contribution in [1.29, 1.82) is 0 Å². The van der Waals surface area contributed by atoms with E-state index in [0.717, 1.165) is 16.9 Å². The van der Waals surface area contributed by atoms with E-state index in [2.05, 4.69) is 10.1 Å². The van der Waals surface area contributed by atoms with Crippen LogP contribution in [0.5, 0.6) is 5.75 Å². The normalized spacial score (nSPS) is 11.5. The number of aliphatic carboxylic acids is 1. The number of carbonyl (C=O) groups excluding carboxylic acids is 1. The maximum absolute atomic E-state index is 11.2. The van der Waals surface area contributed by atoms with Gasteiger partial charge in [0.05, 0.1) is 13.7 Å². The zero-order chi connectivity index (χ0) is 20.4. The minimum Gasteiger partial charge on any atom is -0.493 e. The standard InChI is InChI=1S/C21H25NO6/c1-3-27-19(20(23)24)14-16-6-10-18(11-7-16)28-13-12-15-4-8-17(9-5-15)22-21(25)26-2/h4-11,19H,3,12-14H2,1-2H3,(H,22,25)(H,23,24)/t19-/m0/s1. The third-order valence-electron chi connectivity index (χ3n) is 4.03. The van der Waals surface area contributed by atoms with Crippen molar-refractivity contribution < 1.29 is 28.9 Å². The molecule has 0 unspecified atom stereocenters. The monoisotopic (exact) mass is 387 g/mol. The summed E-state index contributed by atoms with van der Waals surface area (Å²) < 4.78 is 15.5. The van der Waals surface area contributed by atoms with Crippen molar-refractivity contribution in [3.05, 3.63) is 59.7 Å². The fourth-order valence-electron chi connectivity index (χ4n) is 2.56. The van der Waals surface area contributed by atoms with Crippen molar-refractivity contribution in [2.45, 2.75) is 25.9 Å². The second-order valence-electron chi connectivity index (χ2n) is 6.04. The summed E-state index contributed by atoms with van der Waals surface area (Å²) in [5, 5.41) is 11.7. The molecule has 28 heavy (non-hydrogen) atoms. The third kappa shape index (κ3) is 6.92. The predicted molar refractivity (Wildman–Crippen MR) is 105 cm³/mol. The van der Waals surface area contributed by atoms with Gasteiger partial charge in [0, 0.05) is 25.1 Å². The molecule has 0 aliphatic heterocycles. The molecule has 2 rings (SSSR count). The maximum Gasteiger partial charge on any atom is 0.411 e. The Bertz CT molecular complexity index is 757. The van der Waals surface area contributed by atoms with Crippen LogP contribution in [0.3, 0.4) is 0 Å². The Morgan fingerprint density at radius 2 is 1.68 bits per heavy atom. The Labute approximate surface area is 164 Å². The van der Waals surface area contributed by atoms with Crippen LogP contribution in [0.15, 0.2) is 48.5 Å². The van der Waals surface area contributed by atoms with Gasteiger partial charge >= 0.3 is 12.1 Å². The lowest BCUT2D eigenvalue weighted by Crippen LogP contribution is -2.26. The average Bonchev–Trinajstić information content (AvgIpc) is 2.70. The van der Waals surface area contributed by atoms with E-state index in [1.54, 1.807) is 19.1 Å². The summed E-state index contributed by atoms with van der Waals surface area (Å²) in [5.41, 5.74) is 2.62. The molecular weight excluding hydrogens is 362 g/mol. The molecule has 0 aliphatic carbocycles. The molecule has 0 aliphatic rings. The number of amides is 1. The van der Waals surface area contributed by atoms with Crippen molar-refractivity contribution in [2.24, 2.45) is 0 Å². The van der Waals surface area contributed by atoms with E-state index in [1.807, 2.05) is 36.4 Å². The average molecular weight is 387 g/mol. The summed E-state index contributed by atoms with van der Waals surface area (Å²) in [5.74, 6) is -0.244. The number of hydrogen-bond donors (Lipinski definition) is 2. The van der Waals surface area contributed by atoms with Gasteiger partial charge < -0.3 is 19.3 Å². The molecule has 0 saturated heterocycles. The van der Waals surface area contributed by atoms with Crippen LogP contribution in [0, 0.1) is 0 Å². The molecule has 2 N–H and O–H groups in total. The Balaban J connectivity index is 1.80. The van der Waals surface area contributed by atoms with Crippen LogP contribution in [0.25, 0.3) is 0 Å². The molecular formula is C21H25NO6. The first-order chi connectivity index (χ1) is 13.5. The van der Waals surface area contributed by atoms with Crippen LogP contribution in [0.1, 0.15) is 18.1 Å². The molecule has 0 bridgehead atoms. The third-order valence-corrected chi connectivity index (χ3v) is 4.03. The molecule has 2 aromatic rings. The van der Waals surface area contributed by atoms with Crippen LogP contribution in [-0.2, 0) is 27.1 Å². The second-order valence-corrected chi connectivity index (χ2v) is 6.04. The SMILES string of the molecule is CCO[C@@H](Cc1ccc(OCCc2ccc(NC(=O)OC)cc2)cc1)C(=O)O. The number of carboxylic acid groups (broad SMARTS) is 1. The Morgan fingerprint density at radius 1 is 1.04 bits per heavy atom. The number of nitrogens with one attached hydrogen (secondary N) is 1. The van der Waals surface area contributed by atoms with Crippen molar-refractivity contribution in [3.63, 3.8) is 0 Å². The number of hydrogen-bond acceptors (Lipinski definition) is 5. The molecule has 1 amide bonds. The number of methoxy groups -OCH3 is 1. The summed E-state index contributed by atoms with van der Waals surface area (Å²) in [4.78, 5) is 22.3. The fourth-order valence-corrected chi connectivity index (χ4v) is 2.56. The van der Waals surface area contributed by atoms with Crippen LogP contribution in [0.4, 0.5) is 10.5 Å². The Hall–Kier alpha value is -3.06. The van der Waals surface area contributed by atoms with Gasteiger partial charge in [0.15, 0.2) is 6.10 Å². The van der Waals surface area contributed by atoms with Crippen molar-refractivity contribution in [2.75, 3.05) is 25.6 Å². The zero-order valence-electron chi connectivity index (χ0n) is 16.0. The maximum atomic E-state index is 11.2. The summed E-state index contributed by atoms with van der Waals surface area (Å²) >= 11 is 0. The number of rotatable bonds is 10. The highest BCUT2D eigenvalue weighted by Crippen LogP contribution is 2.16. The number of carbonyl (C=O) groups is 2. The molecule has 7 nitrogen and oxygen atoms in total. The lowest BCUT2D eigenvalue weighted by atomic mass is 10.1. The molecule has 0 radical (unpaired) electrons. The highest BCUT2D eigenvalue weighted by Gasteiger charge is 2.17. The van der Waals surface area contributed by atoms with E-state index in [0.29, 0.717) is 31.7 Å². The molecule has 150 valence electrons. The van der Waals surface area contributed by atoms with Gasteiger partial charge in [-0.15, -0.1) is 0 Å². The first-order valence-electron chi connectivity index (χ1n) is 9.02. The van der Waals surface area contributed by atoms with Gasteiger partial charge in [-0.1, -0.05) is 24.3 Å².